The molecule has 0 saturated carbocycles. The maximum Gasteiger partial charge on any atom is 0.305 e. The summed E-state index contributed by atoms with van der Waals surface area (Å²) in [6.07, 6.45) is 0.126. The van der Waals surface area contributed by atoms with Crippen molar-refractivity contribution in [3.8, 4) is 5.75 Å². The minimum atomic E-state index is -0.926. The predicted octanol–water partition coefficient (Wildman–Crippen LogP) is 2.05. The summed E-state index contributed by atoms with van der Waals surface area (Å²) in [5.74, 6) is -0.357. The number of hydrogen-bond donors (Lipinski definition) is 2. The van der Waals surface area contributed by atoms with Gasteiger partial charge in [-0.3, -0.25) is 9.59 Å². The van der Waals surface area contributed by atoms with Gasteiger partial charge in [0.05, 0.1) is 19.4 Å². The molecule has 1 unspecified atom stereocenters. The van der Waals surface area contributed by atoms with E-state index < -0.39 is 5.97 Å². The first kappa shape index (κ1) is 16.0. The van der Waals surface area contributed by atoms with Gasteiger partial charge in [0.25, 0.3) is 0 Å². The van der Waals surface area contributed by atoms with Crippen LogP contribution in [-0.4, -0.2) is 29.6 Å². The van der Waals surface area contributed by atoms with Crippen LogP contribution in [0.1, 0.15) is 30.9 Å². The molecule has 0 aliphatic carbocycles. The summed E-state index contributed by atoms with van der Waals surface area (Å²) < 4.78 is 5.57. The fourth-order valence-corrected chi connectivity index (χ4v) is 1.79. The molecule has 20 heavy (non-hydrogen) atoms. The van der Waals surface area contributed by atoms with E-state index in [0.29, 0.717) is 0 Å². The largest absolute Gasteiger partial charge is 0.493 e. The topological polar surface area (TPSA) is 75.6 Å². The number of amides is 1. The number of carboxylic acids is 1. The molecule has 0 aliphatic rings. The molecule has 1 rings (SSSR count). The zero-order valence-electron chi connectivity index (χ0n) is 12.1. The molecule has 0 radical (unpaired) electrons. The molecule has 1 aromatic carbocycles. The molecule has 0 aliphatic heterocycles. The lowest BCUT2D eigenvalue weighted by atomic mass is 10.1. The van der Waals surface area contributed by atoms with E-state index in [0.717, 1.165) is 16.9 Å². The number of carbonyl (C=O) groups excluding carboxylic acids is 1. The molecule has 5 heteroatoms. The third kappa shape index (κ3) is 5.30. The van der Waals surface area contributed by atoms with E-state index in [-0.39, 0.29) is 31.4 Å². The zero-order valence-corrected chi connectivity index (χ0v) is 12.1. The molecule has 0 bridgehead atoms. The van der Waals surface area contributed by atoms with Gasteiger partial charge in [-0.15, -0.1) is 0 Å². The number of hydrogen-bond acceptors (Lipinski definition) is 3. The molecule has 0 spiro atoms. The van der Waals surface area contributed by atoms with Crippen LogP contribution in [0.5, 0.6) is 5.75 Å². The number of aliphatic carboxylic acids is 1. The van der Waals surface area contributed by atoms with Crippen LogP contribution in [0.15, 0.2) is 18.2 Å². The quantitative estimate of drug-likeness (QED) is 0.801. The lowest BCUT2D eigenvalue weighted by molar-refractivity contribution is -0.137. The summed E-state index contributed by atoms with van der Waals surface area (Å²) in [7, 11) is 0. The van der Waals surface area contributed by atoms with E-state index in [4.69, 9.17) is 9.84 Å². The maximum atomic E-state index is 11.6. The van der Waals surface area contributed by atoms with Crippen LogP contribution < -0.4 is 10.1 Å². The Morgan fingerprint density at radius 2 is 2.05 bits per heavy atom. The third-order valence-electron chi connectivity index (χ3n) is 3.03. The molecule has 0 saturated heterocycles. The second-order valence-electron chi connectivity index (χ2n) is 4.86. The van der Waals surface area contributed by atoms with Gasteiger partial charge in [0, 0.05) is 6.04 Å². The van der Waals surface area contributed by atoms with E-state index in [1.165, 1.54) is 0 Å². The van der Waals surface area contributed by atoms with Crippen LogP contribution in [0.2, 0.25) is 0 Å². The van der Waals surface area contributed by atoms with Crippen molar-refractivity contribution in [1.29, 1.82) is 0 Å². The van der Waals surface area contributed by atoms with E-state index in [1.54, 1.807) is 6.92 Å². The van der Waals surface area contributed by atoms with Crippen molar-refractivity contribution in [2.75, 3.05) is 6.61 Å². The first-order chi connectivity index (χ1) is 9.40. The smallest absolute Gasteiger partial charge is 0.305 e. The summed E-state index contributed by atoms with van der Waals surface area (Å²) in [6.45, 7) is 5.91. The molecular formula is C15H21NO4. The highest BCUT2D eigenvalue weighted by molar-refractivity contribution is 5.77. The first-order valence-electron chi connectivity index (χ1n) is 6.60. The second-order valence-corrected chi connectivity index (χ2v) is 4.86. The number of benzene rings is 1. The Morgan fingerprint density at radius 1 is 1.35 bits per heavy atom. The van der Waals surface area contributed by atoms with Crippen LogP contribution in [0.3, 0.4) is 0 Å². The summed E-state index contributed by atoms with van der Waals surface area (Å²) >= 11 is 0. The fourth-order valence-electron chi connectivity index (χ4n) is 1.79. The van der Waals surface area contributed by atoms with Crippen LogP contribution in [0.25, 0.3) is 0 Å². The monoisotopic (exact) mass is 279 g/mol. The third-order valence-corrected chi connectivity index (χ3v) is 3.03. The van der Waals surface area contributed by atoms with Crippen molar-refractivity contribution < 1.29 is 19.4 Å². The molecule has 2 N–H and O–H groups in total. The SMILES string of the molecule is Cc1cccc(OCCC(=O)NC(C)CC(=O)O)c1C. The molecule has 1 amide bonds. The lowest BCUT2D eigenvalue weighted by Crippen LogP contribution is -2.34. The number of carbonyl (C=O) groups is 2. The van der Waals surface area contributed by atoms with Crippen LogP contribution in [0, 0.1) is 13.8 Å². The Labute approximate surface area is 118 Å². The summed E-state index contributed by atoms with van der Waals surface area (Å²) in [5, 5.41) is 11.2. The zero-order chi connectivity index (χ0) is 15.1. The van der Waals surface area contributed by atoms with Gasteiger partial charge >= 0.3 is 5.97 Å². The van der Waals surface area contributed by atoms with Gasteiger partial charge in [0.1, 0.15) is 5.75 Å². The molecule has 110 valence electrons. The molecule has 1 atom stereocenters. The standard InChI is InChI=1S/C15H21NO4/c1-10-5-4-6-13(12(10)3)20-8-7-14(17)16-11(2)9-15(18)19/h4-6,11H,7-9H2,1-3H3,(H,16,17)(H,18,19). The number of aryl methyl sites for hydroxylation is 1. The average Bonchev–Trinajstić information content (AvgIpc) is 2.33. The van der Waals surface area contributed by atoms with Crippen molar-refractivity contribution in [3.63, 3.8) is 0 Å². The Morgan fingerprint density at radius 3 is 2.70 bits per heavy atom. The molecule has 0 heterocycles. The number of ether oxygens (including phenoxy) is 1. The highest BCUT2D eigenvalue weighted by atomic mass is 16.5. The second kappa shape index (κ2) is 7.53. The average molecular weight is 279 g/mol. The Bertz CT molecular complexity index is 485. The summed E-state index contributed by atoms with van der Waals surface area (Å²) in [6, 6.07) is 5.41. The Balaban J connectivity index is 2.35. The van der Waals surface area contributed by atoms with Crippen LogP contribution in [0.4, 0.5) is 0 Å². The van der Waals surface area contributed by atoms with Gasteiger partial charge in [-0.05, 0) is 38.0 Å². The summed E-state index contributed by atoms with van der Waals surface area (Å²) in [4.78, 5) is 22.1. The van der Waals surface area contributed by atoms with Gasteiger partial charge < -0.3 is 15.2 Å². The minimum Gasteiger partial charge on any atom is -0.493 e. The van der Waals surface area contributed by atoms with Gasteiger partial charge in [-0.25, -0.2) is 0 Å². The predicted molar refractivity (Wildman–Crippen MR) is 75.9 cm³/mol. The van der Waals surface area contributed by atoms with Crippen LogP contribution in [-0.2, 0) is 9.59 Å². The Hall–Kier alpha value is -2.04. The van der Waals surface area contributed by atoms with E-state index in [1.807, 2.05) is 32.0 Å². The highest BCUT2D eigenvalue weighted by Gasteiger charge is 2.11. The lowest BCUT2D eigenvalue weighted by Gasteiger charge is -2.13. The number of nitrogens with one attached hydrogen (secondary N) is 1. The van der Waals surface area contributed by atoms with Crippen LogP contribution >= 0.6 is 0 Å². The van der Waals surface area contributed by atoms with E-state index >= 15 is 0 Å². The minimum absolute atomic E-state index is 0.0798. The first-order valence-corrected chi connectivity index (χ1v) is 6.60. The van der Waals surface area contributed by atoms with Gasteiger partial charge in [0.2, 0.25) is 5.91 Å². The summed E-state index contributed by atoms with van der Waals surface area (Å²) in [5.41, 5.74) is 2.20. The normalized spacial score (nSPS) is 11.8. The molecule has 0 aromatic heterocycles. The van der Waals surface area contributed by atoms with Crippen molar-refractivity contribution in [3.05, 3.63) is 29.3 Å². The van der Waals surface area contributed by atoms with Gasteiger partial charge in [-0.2, -0.15) is 0 Å². The van der Waals surface area contributed by atoms with Crippen molar-refractivity contribution >= 4 is 11.9 Å². The number of rotatable bonds is 7. The van der Waals surface area contributed by atoms with Crippen molar-refractivity contribution in [2.24, 2.45) is 0 Å². The fraction of sp³-hybridized carbons (Fsp3) is 0.467. The number of carboxylic acid groups (broad SMARTS) is 1. The highest BCUT2D eigenvalue weighted by Crippen LogP contribution is 2.20. The molecule has 0 fully saturated rings. The van der Waals surface area contributed by atoms with Crippen molar-refractivity contribution in [1.82, 2.24) is 5.32 Å². The van der Waals surface area contributed by atoms with E-state index in [9.17, 15) is 9.59 Å². The van der Waals surface area contributed by atoms with E-state index in [2.05, 4.69) is 5.32 Å². The maximum absolute atomic E-state index is 11.6. The van der Waals surface area contributed by atoms with Gasteiger partial charge in [0.15, 0.2) is 0 Å². The molecule has 5 nitrogen and oxygen atoms in total. The Kier molecular flexibility index (Phi) is 6.03. The van der Waals surface area contributed by atoms with Gasteiger partial charge in [-0.1, -0.05) is 12.1 Å². The van der Waals surface area contributed by atoms with Crippen molar-refractivity contribution in [2.45, 2.75) is 39.7 Å². The molecular weight excluding hydrogens is 258 g/mol. The molecule has 1 aromatic rings.